The maximum Gasteiger partial charge on any atom is 0.416 e. The molecule has 14 heteroatoms. The number of aromatic nitrogens is 1. The zero-order chi connectivity index (χ0) is 21.6. The molecule has 152 valence electrons. The molecule has 1 heterocycles. The van der Waals surface area contributed by atoms with Gasteiger partial charge in [0.15, 0.2) is 0 Å². The molecule has 0 fully saturated rings. The summed E-state index contributed by atoms with van der Waals surface area (Å²) in [6.07, 6.45) is -4.90. The molecule has 0 atom stereocenters. The highest BCUT2D eigenvalue weighted by atomic mass is 36.0. The van der Waals surface area contributed by atoms with Gasteiger partial charge in [0.2, 0.25) is 0 Å². The Morgan fingerprint density at radius 3 is 2.32 bits per heavy atom. The largest absolute Gasteiger partial charge is 0.416 e. The zero-order valence-corrected chi connectivity index (χ0v) is 17.3. The first-order chi connectivity index (χ1) is 12.8. The summed E-state index contributed by atoms with van der Waals surface area (Å²) in [6, 6.07) is 1.17. The van der Waals surface area contributed by atoms with Crippen molar-refractivity contribution in [1.29, 1.82) is 5.26 Å². The van der Waals surface area contributed by atoms with E-state index in [0.29, 0.717) is 6.07 Å². The predicted molar refractivity (Wildman–Crippen MR) is 100 cm³/mol. The van der Waals surface area contributed by atoms with Gasteiger partial charge in [0, 0.05) is 11.8 Å². The SMILES string of the molecule is Cc1c(S(Cl)(Cl)CF)c(C#N)c(Cl)n1-c1c(Cl)cc(C(F)(F)F)cc1[N+](=O)[O-]. The lowest BCUT2D eigenvalue weighted by molar-refractivity contribution is -0.384. The molecule has 1 aromatic heterocycles. The molecule has 5 nitrogen and oxygen atoms in total. The molecule has 0 aliphatic rings. The van der Waals surface area contributed by atoms with Gasteiger partial charge in [-0.2, -0.15) is 18.4 Å². The second-order valence-corrected chi connectivity index (χ2v) is 11.5. The van der Waals surface area contributed by atoms with Crippen molar-refractivity contribution >= 4 is 58.7 Å². The van der Waals surface area contributed by atoms with E-state index in [0.717, 1.165) is 4.57 Å². The number of nitro groups is 1. The Morgan fingerprint density at radius 2 is 1.89 bits per heavy atom. The van der Waals surface area contributed by atoms with Crippen LogP contribution in [0.15, 0.2) is 17.0 Å². The van der Waals surface area contributed by atoms with Crippen LogP contribution in [0.1, 0.15) is 16.8 Å². The number of rotatable bonds is 4. The van der Waals surface area contributed by atoms with Crippen molar-refractivity contribution in [2.24, 2.45) is 0 Å². The van der Waals surface area contributed by atoms with Gasteiger partial charge in [0.05, 0.1) is 20.4 Å². The van der Waals surface area contributed by atoms with Crippen molar-refractivity contribution in [1.82, 2.24) is 4.57 Å². The zero-order valence-electron chi connectivity index (χ0n) is 13.5. The Morgan fingerprint density at radius 1 is 1.32 bits per heavy atom. The van der Waals surface area contributed by atoms with Gasteiger partial charge in [-0.3, -0.25) is 14.7 Å². The van der Waals surface area contributed by atoms with Gasteiger partial charge in [-0.05, 0) is 42.8 Å². The molecule has 0 radical (unpaired) electrons. The van der Waals surface area contributed by atoms with Crippen LogP contribution in [0.25, 0.3) is 5.69 Å². The van der Waals surface area contributed by atoms with Crippen LogP contribution in [-0.4, -0.2) is 15.5 Å². The Hall–Kier alpha value is -1.38. The van der Waals surface area contributed by atoms with Gasteiger partial charge >= 0.3 is 6.18 Å². The number of alkyl halides is 4. The minimum absolute atomic E-state index is 0.0658. The molecule has 28 heavy (non-hydrogen) atoms. The molecule has 0 saturated carbocycles. The van der Waals surface area contributed by atoms with Gasteiger partial charge in [0.1, 0.15) is 28.5 Å². The number of nitriles is 1. The van der Waals surface area contributed by atoms with E-state index in [1.54, 1.807) is 6.07 Å². The normalized spacial score (nSPS) is 12.7. The van der Waals surface area contributed by atoms with Crippen molar-refractivity contribution in [2.45, 2.75) is 18.0 Å². The van der Waals surface area contributed by atoms with E-state index < -0.39 is 52.7 Å². The predicted octanol–water partition coefficient (Wildman–Crippen LogP) is 7.29. The van der Waals surface area contributed by atoms with Crippen LogP contribution in [0.5, 0.6) is 0 Å². The summed E-state index contributed by atoms with van der Waals surface area (Å²) in [5.41, 5.74) is -3.34. The summed E-state index contributed by atoms with van der Waals surface area (Å²) in [5, 5.41) is 19.6. The summed E-state index contributed by atoms with van der Waals surface area (Å²) in [4.78, 5) is 10.1. The molecular weight excluding hydrogens is 492 g/mol. The first-order valence-corrected chi connectivity index (χ1v) is 11.1. The van der Waals surface area contributed by atoms with Crippen molar-refractivity contribution in [3.8, 4) is 11.8 Å². The van der Waals surface area contributed by atoms with Gasteiger partial charge in [-0.1, -0.05) is 23.2 Å². The van der Waals surface area contributed by atoms with Crippen LogP contribution >= 0.6 is 53.0 Å². The molecule has 0 N–H and O–H groups in total. The molecule has 0 aliphatic carbocycles. The lowest BCUT2D eigenvalue weighted by Gasteiger charge is -2.21. The molecule has 0 unspecified atom stereocenters. The van der Waals surface area contributed by atoms with Crippen LogP contribution < -0.4 is 0 Å². The number of nitrogens with zero attached hydrogens (tertiary/aromatic N) is 3. The van der Waals surface area contributed by atoms with Crippen molar-refractivity contribution in [3.05, 3.63) is 49.2 Å². The molecule has 2 rings (SSSR count). The van der Waals surface area contributed by atoms with Gasteiger partial charge in [-0.25, -0.2) is 4.39 Å². The highest BCUT2D eigenvalue weighted by Crippen LogP contribution is 2.68. The van der Waals surface area contributed by atoms with Crippen LogP contribution in [0, 0.1) is 28.4 Å². The van der Waals surface area contributed by atoms with E-state index >= 15 is 0 Å². The first-order valence-electron chi connectivity index (χ1n) is 6.90. The summed E-state index contributed by atoms with van der Waals surface area (Å²) in [6.45, 7) is 1.28. The Labute approximate surface area is 175 Å². The van der Waals surface area contributed by atoms with Crippen molar-refractivity contribution in [2.75, 3.05) is 6.01 Å². The highest BCUT2D eigenvalue weighted by molar-refractivity contribution is 8.65. The molecule has 0 spiro atoms. The molecule has 0 aliphatic heterocycles. The Balaban J connectivity index is 2.98. The third kappa shape index (κ3) is 3.86. The average Bonchev–Trinajstić information content (AvgIpc) is 2.84. The van der Waals surface area contributed by atoms with E-state index in [-0.39, 0.29) is 22.2 Å². The number of hydrogen-bond acceptors (Lipinski definition) is 3. The average molecular weight is 499 g/mol. The fourth-order valence-corrected chi connectivity index (χ4v) is 5.44. The first kappa shape index (κ1) is 22.9. The van der Waals surface area contributed by atoms with Gasteiger partial charge in [0.25, 0.3) is 5.69 Å². The third-order valence-electron chi connectivity index (χ3n) is 3.63. The minimum atomic E-state index is -4.90. The summed E-state index contributed by atoms with van der Waals surface area (Å²) >= 11 is 12.0. The monoisotopic (exact) mass is 497 g/mol. The number of halogens is 8. The highest BCUT2D eigenvalue weighted by Gasteiger charge is 2.38. The smallest absolute Gasteiger partial charge is 0.295 e. The molecule has 0 amide bonds. The molecule has 2 aromatic rings. The fraction of sp³-hybridized carbons (Fsp3) is 0.214. The number of nitro benzene ring substituents is 1. The number of hydrogen-bond donors (Lipinski definition) is 0. The van der Waals surface area contributed by atoms with Crippen LogP contribution in [0.4, 0.5) is 23.2 Å². The van der Waals surface area contributed by atoms with E-state index in [2.05, 4.69) is 0 Å². The van der Waals surface area contributed by atoms with E-state index in [4.69, 9.17) is 44.6 Å². The Bertz CT molecular complexity index is 1020. The Kier molecular flexibility index (Phi) is 6.38. The maximum absolute atomic E-state index is 13.3. The quantitative estimate of drug-likeness (QED) is 0.252. The molecule has 0 bridgehead atoms. The molecular formula is C14H7Cl4F4N3O2S. The lowest BCUT2D eigenvalue weighted by atomic mass is 10.1. The third-order valence-corrected chi connectivity index (χ3v) is 7.07. The van der Waals surface area contributed by atoms with Gasteiger partial charge in [-0.15, -0.1) is 0 Å². The van der Waals surface area contributed by atoms with E-state index in [9.17, 15) is 32.9 Å². The van der Waals surface area contributed by atoms with Crippen LogP contribution in [0.2, 0.25) is 10.2 Å². The van der Waals surface area contributed by atoms with Gasteiger partial charge < -0.3 is 0 Å². The minimum Gasteiger partial charge on any atom is -0.295 e. The molecule has 1 aromatic carbocycles. The topological polar surface area (TPSA) is 71.9 Å². The van der Waals surface area contributed by atoms with Crippen LogP contribution in [-0.2, 0) is 6.18 Å². The fourth-order valence-electron chi connectivity index (χ4n) is 2.53. The standard InChI is InChI=1S/C14H7Cl4F4N3O2S/c1-6-12(28(17,18)5-19)8(4-23)13(16)24(6)11-9(15)2-7(14(20,21)22)3-10(11)25(26)27/h2-3H,5H2,1H3. The van der Waals surface area contributed by atoms with E-state index in [1.807, 2.05) is 0 Å². The van der Waals surface area contributed by atoms with Crippen molar-refractivity contribution in [3.63, 3.8) is 0 Å². The maximum atomic E-state index is 13.3. The second-order valence-electron chi connectivity index (χ2n) is 5.29. The summed E-state index contributed by atoms with van der Waals surface area (Å²) in [7, 11) is 8.74. The molecule has 0 saturated heterocycles. The number of benzene rings is 1. The van der Waals surface area contributed by atoms with Crippen LogP contribution in [0.3, 0.4) is 0 Å². The summed E-state index contributed by atoms with van der Waals surface area (Å²) in [5.74, 6) is 0. The summed E-state index contributed by atoms with van der Waals surface area (Å²) < 4.78 is 53.2. The lowest BCUT2D eigenvalue weighted by Crippen LogP contribution is -2.09. The van der Waals surface area contributed by atoms with E-state index in [1.165, 1.54) is 6.92 Å². The second kappa shape index (κ2) is 7.80. The van der Waals surface area contributed by atoms with Crippen molar-refractivity contribution < 1.29 is 22.5 Å².